The summed E-state index contributed by atoms with van der Waals surface area (Å²) in [5, 5.41) is 8.01. The van der Waals surface area contributed by atoms with Gasteiger partial charge in [0.1, 0.15) is 6.54 Å². The summed E-state index contributed by atoms with van der Waals surface area (Å²) < 4.78 is 0. The monoisotopic (exact) mass is 413 g/mol. The number of carbonyl (C=O) groups is 1. The molecule has 0 spiro atoms. The first-order valence-electron chi connectivity index (χ1n) is 9.29. The van der Waals surface area contributed by atoms with Gasteiger partial charge in [-0.25, -0.2) is 4.99 Å². The Labute approximate surface area is 171 Å². The molecule has 0 aromatic heterocycles. The molecule has 1 fully saturated rings. The molecule has 27 heavy (non-hydrogen) atoms. The van der Waals surface area contributed by atoms with Crippen molar-refractivity contribution < 1.29 is 4.79 Å². The average Bonchev–Trinajstić information content (AvgIpc) is 2.60. The summed E-state index contributed by atoms with van der Waals surface area (Å²) >= 11 is 12.2. The first-order valence-corrected chi connectivity index (χ1v) is 10.0. The molecule has 1 aliphatic rings. The van der Waals surface area contributed by atoms with Crippen LogP contribution in [0.1, 0.15) is 25.3 Å². The van der Waals surface area contributed by atoms with Crippen molar-refractivity contribution in [2.24, 2.45) is 4.99 Å². The quantitative estimate of drug-likeness (QED) is 0.555. The average molecular weight is 414 g/mol. The first kappa shape index (κ1) is 21.8. The van der Waals surface area contributed by atoms with Gasteiger partial charge in [-0.2, -0.15) is 0 Å². The van der Waals surface area contributed by atoms with Crippen LogP contribution in [0.25, 0.3) is 0 Å². The number of hydrogen-bond donors (Lipinski definition) is 2. The Balaban J connectivity index is 1.84. The predicted molar refractivity (Wildman–Crippen MR) is 113 cm³/mol. The summed E-state index contributed by atoms with van der Waals surface area (Å²) in [6.45, 7) is 5.74. The highest BCUT2D eigenvalue weighted by Gasteiger charge is 2.20. The van der Waals surface area contributed by atoms with Crippen LogP contribution >= 0.6 is 23.2 Å². The minimum absolute atomic E-state index is 0.0118. The summed E-state index contributed by atoms with van der Waals surface area (Å²) in [7, 11) is 3.47. The molecule has 0 unspecified atom stereocenters. The molecule has 0 aliphatic carbocycles. The van der Waals surface area contributed by atoms with Crippen LogP contribution in [0.15, 0.2) is 23.2 Å². The summed E-state index contributed by atoms with van der Waals surface area (Å²) in [6, 6.07) is 6.03. The number of carbonyl (C=O) groups excluding carboxylic acids is 1. The van der Waals surface area contributed by atoms with Gasteiger partial charge in [0.05, 0.1) is 0 Å². The number of halogens is 2. The molecule has 1 heterocycles. The van der Waals surface area contributed by atoms with Crippen LogP contribution in [-0.4, -0.2) is 68.0 Å². The van der Waals surface area contributed by atoms with Gasteiger partial charge in [0.25, 0.3) is 0 Å². The fourth-order valence-electron chi connectivity index (χ4n) is 3.00. The highest BCUT2D eigenvalue weighted by atomic mass is 35.5. The number of guanidine groups is 1. The zero-order chi connectivity index (χ0) is 19.8. The van der Waals surface area contributed by atoms with Crippen LogP contribution in [0.4, 0.5) is 0 Å². The van der Waals surface area contributed by atoms with Gasteiger partial charge in [-0.15, -0.1) is 0 Å². The third-order valence-electron chi connectivity index (χ3n) is 4.47. The lowest BCUT2D eigenvalue weighted by Gasteiger charge is -2.33. The second-order valence-electron chi connectivity index (χ2n) is 6.96. The van der Waals surface area contributed by atoms with Crippen molar-refractivity contribution in [3.8, 4) is 0 Å². The molecular formula is C19H29Cl2N5O. The Bertz CT molecular complexity index is 637. The molecule has 6 nitrogen and oxygen atoms in total. The van der Waals surface area contributed by atoms with Gasteiger partial charge in [-0.05, 0) is 43.5 Å². The molecule has 1 amide bonds. The number of amides is 1. The van der Waals surface area contributed by atoms with Crippen LogP contribution in [-0.2, 0) is 11.3 Å². The zero-order valence-corrected chi connectivity index (χ0v) is 17.8. The number of aliphatic imine (C=N–C) groups is 1. The number of likely N-dealkylation sites (tertiary alicyclic amines) is 1. The third-order valence-corrected chi connectivity index (χ3v) is 4.91. The maximum Gasteiger partial charge on any atom is 0.243 e. The van der Waals surface area contributed by atoms with E-state index in [-0.39, 0.29) is 12.5 Å². The van der Waals surface area contributed by atoms with Crippen LogP contribution in [0.2, 0.25) is 10.0 Å². The van der Waals surface area contributed by atoms with E-state index in [1.165, 1.54) is 0 Å². The Kier molecular flexibility index (Phi) is 8.67. The lowest BCUT2D eigenvalue weighted by Crippen LogP contribution is -2.48. The molecule has 0 atom stereocenters. The molecule has 150 valence electrons. The van der Waals surface area contributed by atoms with Crippen molar-refractivity contribution in [2.75, 3.05) is 40.3 Å². The molecule has 8 heteroatoms. The predicted octanol–water partition coefficient (Wildman–Crippen LogP) is 2.60. The topological polar surface area (TPSA) is 60.0 Å². The number of piperidine rings is 1. The maximum absolute atomic E-state index is 11.7. The smallest absolute Gasteiger partial charge is 0.243 e. The van der Waals surface area contributed by atoms with Gasteiger partial charge in [0.2, 0.25) is 5.91 Å². The highest BCUT2D eigenvalue weighted by molar-refractivity contribution is 6.34. The Morgan fingerprint density at radius 1 is 1.22 bits per heavy atom. The fourth-order valence-corrected chi connectivity index (χ4v) is 3.57. The van der Waals surface area contributed by atoms with Gasteiger partial charge < -0.3 is 15.5 Å². The van der Waals surface area contributed by atoms with Gasteiger partial charge in [0, 0.05) is 56.4 Å². The summed E-state index contributed by atoms with van der Waals surface area (Å²) in [5.41, 5.74) is 1.14. The minimum Gasteiger partial charge on any atom is -0.357 e. The molecule has 1 aromatic carbocycles. The van der Waals surface area contributed by atoms with E-state index in [0.717, 1.165) is 44.6 Å². The molecule has 1 aromatic rings. The SMILES string of the molecule is CCNC(=NCC(=O)N(C)C)NC1CCN(Cc2cc(Cl)cc(Cl)c2)CC1. The summed E-state index contributed by atoms with van der Waals surface area (Å²) in [4.78, 5) is 20.1. The van der Waals surface area contributed by atoms with Gasteiger partial charge in [-0.3, -0.25) is 9.69 Å². The first-order chi connectivity index (χ1) is 12.9. The number of benzene rings is 1. The summed E-state index contributed by atoms with van der Waals surface area (Å²) in [6.07, 6.45) is 2.03. The molecular weight excluding hydrogens is 385 g/mol. The van der Waals surface area contributed by atoms with Crippen LogP contribution in [0.5, 0.6) is 0 Å². The van der Waals surface area contributed by atoms with E-state index in [1.807, 2.05) is 19.1 Å². The maximum atomic E-state index is 11.7. The Morgan fingerprint density at radius 3 is 2.41 bits per heavy atom. The number of rotatable bonds is 6. The van der Waals surface area contributed by atoms with Crippen molar-refractivity contribution in [3.63, 3.8) is 0 Å². The van der Waals surface area contributed by atoms with Gasteiger partial charge in [-0.1, -0.05) is 23.2 Å². The van der Waals surface area contributed by atoms with Crippen molar-refractivity contribution in [3.05, 3.63) is 33.8 Å². The van der Waals surface area contributed by atoms with E-state index in [4.69, 9.17) is 23.2 Å². The van der Waals surface area contributed by atoms with Crippen LogP contribution in [0.3, 0.4) is 0 Å². The van der Waals surface area contributed by atoms with E-state index < -0.39 is 0 Å². The van der Waals surface area contributed by atoms with E-state index in [2.05, 4.69) is 20.5 Å². The Morgan fingerprint density at radius 2 is 1.85 bits per heavy atom. The molecule has 0 bridgehead atoms. The summed E-state index contributed by atoms with van der Waals surface area (Å²) in [5.74, 6) is 0.690. The van der Waals surface area contributed by atoms with Crippen molar-refractivity contribution in [2.45, 2.75) is 32.4 Å². The number of likely N-dealkylation sites (N-methyl/N-ethyl adjacent to an activating group) is 1. The van der Waals surface area contributed by atoms with Crippen LogP contribution in [0, 0.1) is 0 Å². The van der Waals surface area contributed by atoms with E-state index >= 15 is 0 Å². The molecule has 1 aliphatic heterocycles. The molecule has 0 radical (unpaired) electrons. The minimum atomic E-state index is -0.0118. The Hall–Kier alpha value is -1.50. The van der Waals surface area contributed by atoms with Crippen molar-refractivity contribution in [1.29, 1.82) is 0 Å². The largest absolute Gasteiger partial charge is 0.357 e. The fraction of sp³-hybridized carbons (Fsp3) is 0.579. The van der Waals surface area contributed by atoms with E-state index in [9.17, 15) is 4.79 Å². The van der Waals surface area contributed by atoms with E-state index in [1.54, 1.807) is 25.1 Å². The highest BCUT2D eigenvalue weighted by Crippen LogP contribution is 2.21. The van der Waals surface area contributed by atoms with Gasteiger partial charge in [0.15, 0.2) is 5.96 Å². The number of hydrogen-bond acceptors (Lipinski definition) is 3. The van der Waals surface area contributed by atoms with Crippen molar-refractivity contribution in [1.82, 2.24) is 20.4 Å². The second kappa shape index (κ2) is 10.7. The normalized spacial score (nSPS) is 16.3. The van der Waals surface area contributed by atoms with Crippen molar-refractivity contribution >= 4 is 35.1 Å². The number of nitrogens with zero attached hydrogens (tertiary/aromatic N) is 3. The molecule has 2 N–H and O–H groups in total. The number of nitrogens with one attached hydrogen (secondary N) is 2. The second-order valence-corrected chi connectivity index (χ2v) is 7.83. The molecule has 2 rings (SSSR count). The van der Waals surface area contributed by atoms with E-state index in [0.29, 0.717) is 22.0 Å². The molecule has 1 saturated heterocycles. The lowest BCUT2D eigenvalue weighted by atomic mass is 10.0. The van der Waals surface area contributed by atoms with Crippen LogP contribution < -0.4 is 10.6 Å². The lowest BCUT2D eigenvalue weighted by molar-refractivity contribution is -0.127. The third kappa shape index (κ3) is 7.56. The zero-order valence-electron chi connectivity index (χ0n) is 16.3. The van der Waals surface area contributed by atoms with Gasteiger partial charge >= 0.3 is 0 Å². The standard InChI is InChI=1S/C19H29Cl2N5O/c1-4-22-19(23-12-18(27)25(2)3)24-17-5-7-26(8-6-17)13-14-9-15(20)11-16(21)10-14/h9-11,17H,4-8,12-13H2,1-3H3,(H2,22,23,24). The molecule has 0 saturated carbocycles.